The van der Waals surface area contributed by atoms with Crippen molar-refractivity contribution in [1.82, 2.24) is 0 Å². The van der Waals surface area contributed by atoms with Crippen LogP contribution in [0.2, 0.25) is 0 Å². The van der Waals surface area contributed by atoms with Crippen LogP contribution in [-0.4, -0.2) is 18.6 Å². The van der Waals surface area contributed by atoms with E-state index in [2.05, 4.69) is 33.0 Å². The van der Waals surface area contributed by atoms with E-state index in [0.717, 1.165) is 24.1 Å². The summed E-state index contributed by atoms with van der Waals surface area (Å²) in [6.45, 7) is 9.39. The summed E-state index contributed by atoms with van der Waals surface area (Å²) >= 11 is 0. The molecule has 1 aliphatic heterocycles. The minimum atomic E-state index is -0.367. The van der Waals surface area contributed by atoms with E-state index in [1.165, 1.54) is 0 Å². The van der Waals surface area contributed by atoms with Crippen LogP contribution in [-0.2, 0) is 14.3 Å². The lowest BCUT2D eigenvalue weighted by Gasteiger charge is -2.44. The number of rotatable bonds is 4. The van der Waals surface area contributed by atoms with Gasteiger partial charge >= 0.3 is 0 Å². The van der Waals surface area contributed by atoms with Crippen LogP contribution >= 0.6 is 0 Å². The van der Waals surface area contributed by atoms with E-state index in [9.17, 15) is 4.79 Å². The van der Waals surface area contributed by atoms with Crippen molar-refractivity contribution in [3.05, 3.63) is 29.8 Å². The van der Waals surface area contributed by atoms with E-state index < -0.39 is 0 Å². The molecule has 0 bridgehead atoms. The number of carbonyl (C=O) groups is 1. The molecule has 1 N–H and O–H groups in total. The van der Waals surface area contributed by atoms with Crippen LogP contribution in [0, 0.1) is 17.3 Å². The fourth-order valence-corrected chi connectivity index (χ4v) is 3.32. The first-order valence-corrected chi connectivity index (χ1v) is 8.55. The van der Waals surface area contributed by atoms with Gasteiger partial charge in [-0.1, -0.05) is 39.8 Å². The van der Waals surface area contributed by atoms with Gasteiger partial charge in [0.1, 0.15) is 0 Å². The molecular formula is C19H27NO3. The van der Waals surface area contributed by atoms with Crippen molar-refractivity contribution in [1.29, 1.82) is 0 Å². The quantitative estimate of drug-likeness (QED) is 0.908. The molecule has 126 valence electrons. The molecule has 3 rings (SSSR count). The molecule has 1 saturated carbocycles. The summed E-state index contributed by atoms with van der Waals surface area (Å²) in [5.41, 5.74) is 1.78. The van der Waals surface area contributed by atoms with Crippen LogP contribution < -0.4 is 5.32 Å². The van der Waals surface area contributed by atoms with Crippen LogP contribution in [0.4, 0.5) is 5.69 Å². The minimum absolute atomic E-state index is 0.00245. The van der Waals surface area contributed by atoms with Gasteiger partial charge in [0.2, 0.25) is 5.91 Å². The molecule has 1 aromatic carbocycles. The van der Waals surface area contributed by atoms with Gasteiger partial charge in [0.15, 0.2) is 6.29 Å². The van der Waals surface area contributed by atoms with Crippen molar-refractivity contribution in [3.63, 3.8) is 0 Å². The van der Waals surface area contributed by atoms with Gasteiger partial charge in [-0.25, -0.2) is 0 Å². The molecule has 1 amide bonds. The standard InChI is InChI=1S/C19H27NO3/c1-12(2)16-19(3,4)11-22-18(23-16)14-6-5-7-15(10-14)20-17(21)13-8-9-13/h5-7,10,12-13,16,18H,8-9,11H2,1-4H3,(H,20,21)/t16-,18+/m1/s1. The number of hydrogen-bond acceptors (Lipinski definition) is 3. The normalized spacial score (nSPS) is 27.0. The van der Waals surface area contributed by atoms with Crippen molar-refractivity contribution < 1.29 is 14.3 Å². The number of amides is 1. The summed E-state index contributed by atoms with van der Waals surface area (Å²) in [6.07, 6.45) is 1.79. The largest absolute Gasteiger partial charge is 0.348 e. The third kappa shape index (κ3) is 3.75. The number of ether oxygens (including phenoxy) is 2. The van der Waals surface area contributed by atoms with Crippen molar-refractivity contribution in [2.75, 3.05) is 11.9 Å². The van der Waals surface area contributed by atoms with E-state index in [4.69, 9.17) is 9.47 Å². The number of anilines is 1. The van der Waals surface area contributed by atoms with Crippen LogP contribution in [0.3, 0.4) is 0 Å². The summed E-state index contributed by atoms with van der Waals surface area (Å²) in [7, 11) is 0. The van der Waals surface area contributed by atoms with Crippen molar-refractivity contribution in [2.45, 2.75) is 52.9 Å². The van der Waals surface area contributed by atoms with Gasteiger partial charge in [-0.3, -0.25) is 4.79 Å². The summed E-state index contributed by atoms with van der Waals surface area (Å²) in [4.78, 5) is 11.9. The Morgan fingerprint density at radius 3 is 2.70 bits per heavy atom. The molecule has 0 unspecified atom stereocenters. The lowest BCUT2D eigenvalue weighted by atomic mass is 9.80. The van der Waals surface area contributed by atoms with Crippen LogP contribution in [0.5, 0.6) is 0 Å². The second kappa shape index (κ2) is 6.25. The van der Waals surface area contributed by atoms with Gasteiger partial charge in [-0.15, -0.1) is 0 Å². The average Bonchev–Trinajstić information content (AvgIpc) is 3.31. The molecule has 0 radical (unpaired) electrons. The molecule has 0 aromatic heterocycles. The molecule has 1 aromatic rings. The lowest BCUT2D eigenvalue weighted by molar-refractivity contribution is -0.274. The van der Waals surface area contributed by atoms with Gasteiger partial charge in [0.05, 0.1) is 12.7 Å². The molecule has 1 heterocycles. The van der Waals surface area contributed by atoms with Gasteiger partial charge in [-0.2, -0.15) is 0 Å². The maximum absolute atomic E-state index is 11.9. The lowest BCUT2D eigenvalue weighted by Crippen LogP contribution is -2.45. The van der Waals surface area contributed by atoms with Gasteiger partial charge in [-0.05, 0) is 30.9 Å². The zero-order valence-electron chi connectivity index (χ0n) is 14.5. The Bertz CT molecular complexity index is 578. The molecule has 4 heteroatoms. The van der Waals surface area contributed by atoms with E-state index in [1.54, 1.807) is 0 Å². The zero-order valence-corrected chi connectivity index (χ0v) is 14.5. The SMILES string of the molecule is CC(C)[C@H]1O[C@@H](c2cccc(NC(=O)C3CC3)c2)OCC1(C)C. The summed E-state index contributed by atoms with van der Waals surface area (Å²) in [5.74, 6) is 0.745. The Morgan fingerprint density at radius 1 is 1.30 bits per heavy atom. The van der Waals surface area contributed by atoms with E-state index in [0.29, 0.717) is 12.5 Å². The van der Waals surface area contributed by atoms with E-state index in [-0.39, 0.29) is 29.6 Å². The van der Waals surface area contributed by atoms with Crippen molar-refractivity contribution >= 4 is 11.6 Å². The Kier molecular flexibility index (Phi) is 4.47. The zero-order chi connectivity index (χ0) is 16.6. The molecular weight excluding hydrogens is 290 g/mol. The summed E-state index contributed by atoms with van der Waals surface area (Å²) < 4.78 is 12.2. The first kappa shape index (κ1) is 16.5. The fraction of sp³-hybridized carbons (Fsp3) is 0.632. The molecule has 0 spiro atoms. The highest BCUT2D eigenvalue weighted by Crippen LogP contribution is 2.40. The van der Waals surface area contributed by atoms with E-state index >= 15 is 0 Å². The Hall–Kier alpha value is -1.39. The predicted molar refractivity (Wildman–Crippen MR) is 90.0 cm³/mol. The van der Waals surface area contributed by atoms with Gasteiger partial charge < -0.3 is 14.8 Å². The number of nitrogens with one attached hydrogen (secondary N) is 1. The summed E-state index contributed by atoms with van der Waals surface area (Å²) in [6, 6.07) is 7.80. The monoisotopic (exact) mass is 317 g/mol. The molecule has 2 fully saturated rings. The van der Waals surface area contributed by atoms with Crippen LogP contribution in [0.1, 0.15) is 52.4 Å². The second-order valence-corrected chi connectivity index (χ2v) is 7.82. The minimum Gasteiger partial charge on any atom is -0.348 e. The fourth-order valence-electron chi connectivity index (χ4n) is 3.32. The molecule has 2 atom stereocenters. The smallest absolute Gasteiger partial charge is 0.227 e. The Labute approximate surface area is 138 Å². The second-order valence-electron chi connectivity index (χ2n) is 7.82. The van der Waals surface area contributed by atoms with Crippen LogP contribution in [0.15, 0.2) is 24.3 Å². The topological polar surface area (TPSA) is 47.6 Å². The first-order chi connectivity index (χ1) is 10.9. The molecule has 2 aliphatic rings. The van der Waals surface area contributed by atoms with E-state index in [1.807, 2.05) is 24.3 Å². The van der Waals surface area contributed by atoms with Gasteiger partial charge in [0, 0.05) is 22.6 Å². The highest BCUT2D eigenvalue weighted by atomic mass is 16.7. The average molecular weight is 317 g/mol. The number of carbonyl (C=O) groups excluding carboxylic acids is 1. The van der Waals surface area contributed by atoms with Crippen molar-refractivity contribution in [3.8, 4) is 0 Å². The highest BCUT2D eigenvalue weighted by molar-refractivity contribution is 5.94. The number of benzene rings is 1. The highest BCUT2D eigenvalue weighted by Gasteiger charge is 2.40. The third-order valence-electron chi connectivity index (χ3n) is 4.63. The third-order valence-corrected chi connectivity index (χ3v) is 4.63. The maximum Gasteiger partial charge on any atom is 0.227 e. The predicted octanol–water partition coefficient (Wildman–Crippen LogP) is 4.13. The molecule has 4 nitrogen and oxygen atoms in total. The molecule has 23 heavy (non-hydrogen) atoms. The first-order valence-electron chi connectivity index (χ1n) is 8.55. The molecule has 1 aliphatic carbocycles. The Balaban J connectivity index is 1.72. The van der Waals surface area contributed by atoms with Gasteiger partial charge in [0.25, 0.3) is 0 Å². The van der Waals surface area contributed by atoms with Crippen LogP contribution in [0.25, 0.3) is 0 Å². The molecule has 1 saturated heterocycles. The Morgan fingerprint density at radius 2 is 2.04 bits per heavy atom. The number of hydrogen-bond donors (Lipinski definition) is 1. The van der Waals surface area contributed by atoms with Crippen molar-refractivity contribution in [2.24, 2.45) is 17.3 Å². The maximum atomic E-state index is 11.9. The summed E-state index contributed by atoms with van der Waals surface area (Å²) in [5, 5.41) is 2.98.